The number of nitrogens with one attached hydrogen (secondary N) is 1. The number of para-hydroxylation sites is 1. The van der Waals surface area contributed by atoms with E-state index in [0.29, 0.717) is 10.9 Å². The lowest BCUT2D eigenvalue weighted by Crippen LogP contribution is -2.13. The Bertz CT molecular complexity index is 1170. The van der Waals surface area contributed by atoms with Crippen molar-refractivity contribution in [3.8, 4) is 28.4 Å². The van der Waals surface area contributed by atoms with E-state index in [1.807, 2.05) is 60.1 Å². The first-order valence-electron chi connectivity index (χ1n) is 8.99. The Morgan fingerprint density at radius 2 is 2.00 bits per heavy atom. The van der Waals surface area contributed by atoms with Gasteiger partial charge in [-0.15, -0.1) is 11.3 Å². The first-order valence-corrected chi connectivity index (χ1v) is 9.87. The van der Waals surface area contributed by atoms with Crippen LogP contribution in [0, 0.1) is 0 Å². The van der Waals surface area contributed by atoms with Gasteiger partial charge in [-0.1, -0.05) is 18.2 Å². The summed E-state index contributed by atoms with van der Waals surface area (Å²) < 4.78 is 12.5. The van der Waals surface area contributed by atoms with Gasteiger partial charge in [-0.05, 0) is 35.9 Å². The van der Waals surface area contributed by atoms with Crippen molar-refractivity contribution < 1.29 is 14.3 Å². The van der Waals surface area contributed by atoms with Crippen LogP contribution in [0.1, 0.15) is 5.56 Å². The summed E-state index contributed by atoms with van der Waals surface area (Å²) in [5, 5.41) is 9.63. The van der Waals surface area contributed by atoms with Crippen LogP contribution < -0.4 is 14.8 Å². The van der Waals surface area contributed by atoms with Crippen LogP contribution in [-0.4, -0.2) is 27.5 Å². The average Bonchev–Trinajstić information content (AvgIpc) is 3.49. The Kier molecular flexibility index (Phi) is 4.45. The first-order chi connectivity index (χ1) is 14.2. The van der Waals surface area contributed by atoms with Crippen LogP contribution in [0.5, 0.6) is 11.5 Å². The molecule has 1 aliphatic heterocycles. The molecular weight excluding hydrogens is 388 g/mol. The maximum atomic E-state index is 12.4. The summed E-state index contributed by atoms with van der Waals surface area (Å²) >= 11 is 1.38. The Morgan fingerprint density at radius 3 is 2.90 bits per heavy atom. The molecule has 0 aliphatic carbocycles. The highest BCUT2D eigenvalue weighted by atomic mass is 32.1. The third-order valence-corrected chi connectivity index (χ3v) is 5.20. The van der Waals surface area contributed by atoms with Crippen LogP contribution in [0.3, 0.4) is 0 Å². The highest BCUT2D eigenvalue weighted by Gasteiger charge is 2.16. The molecule has 0 radical (unpaired) electrons. The number of thiazole rings is 1. The largest absolute Gasteiger partial charge is 0.454 e. The van der Waals surface area contributed by atoms with E-state index in [9.17, 15) is 4.79 Å². The van der Waals surface area contributed by atoms with E-state index in [2.05, 4.69) is 15.4 Å². The summed E-state index contributed by atoms with van der Waals surface area (Å²) in [4.78, 5) is 16.9. The lowest BCUT2D eigenvalue weighted by atomic mass is 10.1. The molecule has 0 saturated heterocycles. The molecule has 0 unspecified atom stereocenters. The highest BCUT2D eigenvalue weighted by Crippen LogP contribution is 2.36. The van der Waals surface area contributed by atoms with Crippen molar-refractivity contribution >= 4 is 22.4 Å². The maximum absolute atomic E-state index is 12.4. The maximum Gasteiger partial charge on any atom is 0.231 e. The standard InChI is InChI=1S/C21H16N4O3S/c26-20(8-14-10-22-25(11-14)16-4-2-1-3-5-16)24-21-23-17(12-29-21)15-6-7-18-19(9-15)28-13-27-18/h1-7,9-12H,8,13H2,(H,23,24,26). The summed E-state index contributed by atoms with van der Waals surface area (Å²) in [6, 6.07) is 15.4. The van der Waals surface area contributed by atoms with E-state index in [-0.39, 0.29) is 19.1 Å². The van der Waals surface area contributed by atoms with Crippen molar-refractivity contribution in [1.82, 2.24) is 14.8 Å². The SMILES string of the molecule is O=C(Cc1cnn(-c2ccccc2)c1)Nc1nc(-c2ccc3c(c2)OCO3)cs1. The molecule has 3 heterocycles. The quantitative estimate of drug-likeness (QED) is 0.546. The summed E-state index contributed by atoms with van der Waals surface area (Å²) in [6.07, 6.45) is 3.78. The average molecular weight is 404 g/mol. The van der Waals surface area contributed by atoms with Gasteiger partial charge in [0.1, 0.15) is 0 Å². The predicted molar refractivity (Wildman–Crippen MR) is 110 cm³/mol. The van der Waals surface area contributed by atoms with E-state index in [0.717, 1.165) is 28.3 Å². The number of hydrogen-bond donors (Lipinski definition) is 1. The zero-order valence-electron chi connectivity index (χ0n) is 15.2. The lowest BCUT2D eigenvalue weighted by molar-refractivity contribution is -0.115. The molecular formula is C21H16N4O3S. The molecule has 144 valence electrons. The number of ether oxygens (including phenoxy) is 2. The van der Waals surface area contributed by atoms with E-state index in [1.165, 1.54) is 11.3 Å². The Hall–Kier alpha value is -3.65. The number of amides is 1. The van der Waals surface area contributed by atoms with Crippen molar-refractivity contribution in [3.05, 3.63) is 71.9 Å². The number of aromatic nitrogens is 3. The van der Waals surface area contributed by atoms with Crippen LogP contribution >= 0.6 is 11.3 Å². The number of rotatable bonds is 5. The normalized spacial score (nSPS) is 12.1. The van der Waals surface area contributed by atoms with Crippen molar-refractivity contribution in [2.45, 2.75) is 6.42 Å². The van der Waals surface area contributed by atoms with Gasteiger partial charge >= 0.3 is 0 Å². The van der Waals surface area contributed by atoms with E-state index in [4.69, 9.17) is 9.47 Å². The number of hydrogen-bond acceptors (Lipinski definition) is 6. The smallest absolute Gasteiger partial charge is 0.231 e. The molecule has 1 N–H and O–H groups in total. The number of anilines is 1. The minimum atomic E-state index is -0.135. The molecule has 2 aromatic carbocycles. The van der Waals surface area contributed by atoms with Crippen LogP contribution in [0.4, 0.5) is 5.13 Å². The van der Waals surface area contributed by atoms with Gasteiger partial charge < -0.3 is 14.8 Å². The number of carbonyl (C=O) groups excluding carboxylic acids is 1. The molecule has 0 saturated carbocycles. The van der Waals surface area contributed by atoms with Crippen LogP contribution in [-0.2, 0) is 11.2 Å². The van der Waals surface area contributed by atoms with E-state index in [1.54, 1.807) is 10.9 Å². The monoisotopic (exact) mass is 404 g/mol. The van der Waals surface area contributed by atoms with Gasteiger partial charge in [0.2, 0.25) is 12.7 Å². The zero-order valence-corrected chi connectivity index (χ0v) is 16.1. The molecule has 1 aliphatic rings. The molecule has 0 atom stereocenters. The van der Waals surface area contributed by atoms with Crippen molar-refractivity contribution in [1.29, 1.82) is 0 Å². The molecule has 4 aromatic rings. The van der Waals surface area contributed by atoms with Crippen LogP contribution in [0.25, 0.3) is 16.9 Å². The summed E-state index contributed by atoms with van der Waals surface area (Å²) in [6.45, 7) is 0.234. The van der Waals surface area contributed by atoms with E-state index < -0.39 is 0 Å². The van der Waals surface area contributed by atoms with Gasteiger partial charge in [-0.25, -0.2) is 9.67 Å². The Labute approximate surface area is 170 Å². The third kappa shape index (κ3) is 3.70. The minimum absolute atomic E-state index is 0.135. The molecule has 2 aromatic heterocycles. The zero-order chi connectivity index (χ0) is 19.6. The number of benzene rings is 2. The number of fused-ring (bicyclic) bond motifs is 1. The number of nitrogens with zero attached hydrogens (tertiary/aromatic N) is 3. The van der Waals surface area contributed by atoms with Crippen molar-refractivity contribution in [2.24, 2.45) is 0 Å². The molecule has 0 spiro atoms. The fourth-order valence-electron chi connectivity index (χ4n) is 3.04. The second-order valence-electron chi connectivity index (χ2n) is 6.46. The molecule has 8 heteroatoms. The van der Waals surface area contributed by atoms with Gasteiger partial charge in [0.15, 0.2) is 16.6 Å². The van der Waals surface area contributed by atoms with Gasteiger partial charge in [0.25, 0.3) is 0 Å². The first kappa shape index (κ1) is 17.4. The summed E-state index contributed by atoms with van der Waals surface area (Å²) in [7, 11) is 0. The van der Waals surface area contributed by atoms with Gasteiger partial charge in [0.05, 0.1) is 24.0 Å². The molecule has 29 heavy (non-hydrogen) atoms. The Morgan fingerprint density at radius 1 is 1.14 bits per heavy atom. The fraction of sp³-hybridized carbons (Fsp3) is 0.0952. The summed E-state index contributed by atoms with van der Waals surface area (Å²) in [5.74, 6) is 1.30. The topological polar surface area (TPSA) is 78.3 Å². The fourth-order valence-corrected chi connectivity index (χ4v) is 3.78. The van der Waals surface area contributed by atoms with Crippen molar-refractivity contribution in [3.63, 3.8) is 0 Å². The molecule has 0 fully saturated rings. The van der Waals surface area contributed by atoms with Gasteiger partial charge in [-0.2, -0.15) is 5.10 Å². The minimum Gasteiger partial charge on any atom is -0.454 e. The number of carbonyl (C=O) groups is 1. The van der Waals surface area contributed by atoms with Crippen molar-refractivity contribution in [2.75, 3.05) is 12.1 Å². The molecule has 7 nitrogen and oxygen atoms in total. The van der Waals surface area contributed by atoms with Crippen LogP contribution in [0.2, 0.25) is 0 Å². The lowest BCUT2D eigenvalue weighted by Gasteiger charge is -2.01. The van der Waals surface area contributed by atoms with Gasteiger partial charge in [-0.3, -0.25) is 4.79 Å². The predicted octanol–water partition coefficient (Wildman–Crippen LogP) is 3.91. The van der Waals surface area contributed by atoms with Gasteiger partial charge in [0, 0.05) is 17.1 Å². The Balaban J connectivity index is 1.24. The molecule has 5 rings (SSSR count). The molecule has 1 amide bonds. The van der Waals surface area contributed by atoms with E-state index >= 15 is 0 Å². The summed E-state index contributed by atoms with van der Waals surface area (Å²) in [5.41, 5.74) is 3.47. The third-order valence-electron chi connectivity index (χ3n) is 4.44. The highest BCUT2D eigenvalue weighted by molar-refractivity contribution is 7.14. The molecule has 0 bridgehead atoms. The second-order valence-corrected chi connectivity index (χ2v) is 7.32. The van der Waals surface area contributed by atoms with Crippen LogP contribution in [0.15, 0.2) is 66.3 Å². The second kappa shape index (κ2) is 7.40.